The van der Waals surface area contributed by atoms with Crippen molar-refractivity contribution in [3.05, 3.63) is 0 Å². The molecule has 1 rings (SSSR count). The predicted octanol–water partition coefficient (Wildman–Crippen LogP) is 5.00. The molecule has 0 aromatic rings. The molecular weight excluding hydrogens is 238 g/mol. The van der Waals surface area contributed by atoms with E-state index in [1.54, 1.807) is 0 Å². The molecule has 1 saturated carbocycles. The number of unbranched alkanes of at least 4 members (excludes halogenated alkanes) is 6. The van der Waals surface area contributed by atoms with Crippen LogP contribution in [0.5, 0.6) is 0 Å². The van der Waals surface area contributed by atoms with E-state index in [1.807, 2.05) is 0 Å². The first-order valence-corrected chi connectivity index (χ1v) is 9.26. The van der Waals surface area contributed by atoms with E-state index in [1.165, 1.54) is 76.5 Å². The van der Waals surface area contributed by atoms with Crippen molar-refractivity contribution in [3.63, 3.8) is 0 Å². The summed E-state index contributed by atoms with van der Waals surface area (Å²) in [6.07, 6.45) is 14.2. The highest BCUT2D eigenvalue weighted by Crippen LogP contribution is 2.29. The molecule has 0 aromatic carbocycles. The van der Waals surface area contributed by atoms with Crippen LogP contribution in [0.25, 0.3) is 0 Å². The van der Waals surface area contributed by atoms with Gasteiger partial charge in [0.05, 0.1) is 0 Å². The SMILES string of the molecule is CCCCCCCCCNC1CCC(SCC)C1. The second kappa shape index (κ2) is 11.2. The third-order valence-corrected chi connectivity index (χ3v) is 5.23. The Morgan fingerprint density at radius 3 is 2.39 bits per heavy atom. The van der Waals surface area contributed by atoms with Crippen molar-refractivity contribution in [2.75, 3.05) is 12.3 Å². The highest BCUT2D eigenvalue weighted by molar-refractivity contribution is 7.99. The van der Waals surface area contributed by atoms with E-state index < -0.39 is 0 Å². The molecule has 2 heteroatoms. The van der Waals surface area contributed by atoms with Crippen molar-refractivity contribution in [2.45, 2.75) is 89.3 Å². The fraction of sp³-hybridized carbons (Fsp3) is 1.00. The van der Waals surface area contributed by atoms with Crippen molar-refractivity contribution in [1.82, 2.24) is 5.32 Å². The molecule has 1 aliphatic carbocycles. The van der Waals surface area contributed by atoms with Crippen molar-refractivity contribution >= 4 is 11.8 Å². The van der Waals surface area contributed by atoms with Gasteiger partial charge in [0.2, 0.25) is 0 Å². The van der Waals surface area contributed by atoms with Gasteiger partial charge in [-0.1, -0.05) is 52.4 Å². The largest absolute Gasteiger partial charge is 0.314 e. The summed E-state index contributed by atoms with van der Waals surface area (Å²) < 4.78 is 0. The van der Waals surface area contributed by atoms with Gasteiger partial charge in [0.1, 0.15) is 0 Å². The van der Waals surface area contributed by atoms with Crippen molar-refractivity contribution < 1.29 is 0 Å². The Labute approximate surface area is 119 Å². The van der Waals surface area contributed by atoms with Gasteiger partial charge in [-0.05, 0) is 38.0 Å². The van der Waals surface area contributed by atoms with Crippen molar-refractivity contribution in [3.8, 4) is 0 Å². The minimum Gasteiger partial charge on any atom is -0.314 e. The fourth-order valence-electron chi connectivity index (χ4n) is 2.90. The Morgan fingerprint density at radius 1 is 0.944 bits per heavy atom. The smallest absolute Gasteiger partial charge is 0.00779 e. The van der Waals surface area contributed by atoms with Gasteiger partial charge in [0.15, 0.2) is 0 Å². The molecule has 0 heterocycles. The molecule has 2 atom stereocenters. The van der Waals surface area contributed by atoms with Gasteiger partial charge >= 0.3 is 0 Å². The second-order valence-electron chi connectivity index (χ2n) is 5.66. The van der Waals surface area contributed by atoms with E-state index in [2.05, 4.69) is 30.9 Å². The van der Waals surface area contributed by atoms with Gasteiger partial charge in [-0.25, -0.2) is 0 Å². The molecule has 0 aliphatic heterocycles. The van der Waals surface area contributed by atoms with Crippen LogP contribution in [0, 0.1) is 0 Å². The summed E-state index contributed by atoms with van der Waals surface area (Å²) in [4.78, 5) is 0. The number of thioether (sulfide) groups is 1. The van der Waals surface area contributed by atoms with E-state index in [0.717, 1.165) is 11.3 Å². The maximum atomic E-state index is 3.76. The minimum absolute atomic E-state index is 0.828. The summed E-state index contributed by atoms with van der Waals surface area (Å²) in [7, 11) is 0. The highest BCUT2D eigenvalue weighted by atomic mass is 32.2. The molecule has 1 aliphatic rings. The summed E-state index contributed by atoms with van der Waals surface area (Å²) in [5, 5.41) is 4.70. The molecule has 1 nitrogen and oxygen atoms in total. The standard InChI is InChI=1S/C16H33NS/c1-3-5-6-7-8-9-10-13-17-15-11-12-16(14-15)18-4-2/h15-17H,3-14H2,1-2H3. The second-order valence-corrected chi connectivity index (χ2v) is 7.24. The lowest BCUT2D eigenvalue weighted by molar-refractivity contribution is 0.496. The third kappa shape index (κ3) is 7.68. The maximum Gasteiger partial charge on any atom is 0.00779 e. The monoisotopic (exact) mass is 271 g/mol. The summed E-state index contributed by atoms with van der Waals surface area (Å²) in [6.45, 7) is 5.82. The molecule has 0 radical (unpaired) electrons. The van der Waals surface area contributed by atoms with Gasteiger partial charge in [0, 0.05) is 11.3 Å². The molecule has 0 saturated heterocycles. The zero-order valence-electron chi connectivity index (χ0n) is 12.5. The molecule has 108 valence electrons. The van der Waals surface area contributed by atoms with Crippen LogP contribution in [0.1, 0.15) is 78.1 Å². The van der Waals surface area contributed by atoms with Crippen LogP contribution >= 0.6 is 11.8 Å². The van der Waals surface area contributed by atoms with E-state index in [4.69, 9.17) is 0 Å². The zero-order chi connectivity index (χ0) is 13.1. The fourth-order valence-corrected chi connectivity index (χ4v) is 4.04. The summed E-state index contributed by atoms with van der Waals surface area (Å²) in [6, 6.07) is 0.828. The Morgan fingerprint density at radius 2 is 1.67 bits per heavy atom. The normalized spacial score (nSPS) is 23.7. The summed E-state index contributed by atoms with van der Waals surface area (Å²) >= 11 is 2.16. The molecule has 18 heavy (non-hydrogen) atoms. The maximum absolute atomic E-state index is 3.76. The molecule has 2 unspecified atom stereocenters. The van der Waals surface area contributed by atoms with Crippen molar-refractivity contribution in [2.24, 2.45) is 0 Å². The van der Waals surface area contributed by atoms with E-state index in [0.29, 0.717) is 0 Å². The molecular formula is C16H33NS. The molecule has 0 bridgehead atoms. The predicted molar refractivity (Wildman–Crippen MR) is 85.6 cm³/mol. The average Bonchev–Trinajstić information content (AvgIpc) is 2.81. The van der Waals surface area contributed by atoms with Gasteiger partial charge in [-0.3, -0.25) is 0 Å². The van der Waals surface area contributed by atoms with Crippen LogP contribution in [0.3, 0.4) is 0 Å². The first-order valence-electron chi connectivity index (χ1n) is 8.21. The number of nitrogens with one attached hydrogen (secondary N) is 1. The average molecular weight is 272 g/mol. The Bertz CT molecular complexity index is 184. The van der Waals surface area contributed by atoms with Crippen LogP contribution in [-0.4, -0.2) is 23.6 Å². The Hall–Kier alpha value is 0.310. The number of rotatable bonds is 11. The van der Waals surface area contributed by atoms with Crippen LogP contribution in [0.2, 0.25) is 0 Å². The molecule has 0 amide bonds. The quantitative estimate of drug-likeness (QED) is 0.531. The van der Waals surface area contributed by atoms with Crippen LogP contribution in [-0.2, 0) is 0 Å². The molecule has 0 aromatic heterocycles. The topological polar surface area (TPSA) is 12.0 Å². The number of hydrogen-bond acceptors (Lipinski definition) is 2. The first kappa shape index (κ1) is 16.4. The van der Waals surface area contributed by atoms with Gasteiger partial charge in [-0.2, -0.15) is 11.8 Å². The first-order chi connectivity index (χ1) is 8.86. The highest BCUT2D eigenvalue weighted by Gasteiger charge is 2.23. The van der Waals surface area contributed by atoms with E-state index in [9.17, 15) is 0 Å². The van der Waals surface area contributed by atoms with E-state index >= 15 is 0 Å². The molecule has 0 spiro atoms. The van der Waals surface area contributed by atoms with Crippen LogP contribution < -0.4 is 5.32 Å². The summed E-state index contributed by atoms with van der Waals surface area (Å²) in [5.74, 6) is 1.29. The lowest BCUT2D eigenvalue weighted by Crippen LogP contribution is -2.27. The number of hydrogen-bond donors (Lipinski definition) is 1. The van der Waals surface area contributed by atoms with Gasteiger partial charge < -0.3 is 5.32 Å². The lowest BCUT2D eigenvalue weighted by Gasteiger charge is -2.12. The zero-order valence-corrected chi connectivity index (χ0v) is 13.4. The summed E-state index contributed by atoms with van der Waals surface area (Å²) in [5.41, 5.74) is 0. The van der Waals surface area contributed by atoms with Crippen LogP contribution in [0.15, 0.2) is 0 Å². The third-order valence-electron chi connectivity index (χ3n) is 4.00. The Balaban J connectivity index is 1.84. The molecule has 1 fully saturated rings. The Kier molecular flexibility index (Phi) is 10.1. The van der Waals surface area contributed by atoms with E-state index in [-0.39, 0.29) is 0 Å². The van der Waals surface area contributed by atoms with Crippen LogP contribution in [0.4, 0.5) is 0 Å². The van der Waals surface area contributed by atoms with Crippen molar-refractivity contribution in [1.29, 1.82) is 0 Å². The molecule has 1 N–H and O–H groups in total. The van der Waals surface area contributed by atoms with Gasteiger partial charge in [0.25, 0.3) is 0 Å². The lowest BCUT2D eigenvalue weighted by atomic mass is 10.1. The van der Waals surface area contributed by atoms with Gasteiger partial charge in [-0.15, -0.1) is 0 Å². The minimum atomic E-state index is 0.828.